The molecule has 0 heterocycles. The molecule has 1 rings (SSSR count). The van der Waals surface area contributed by atoms with E-state index in [1.165, 1.54) is 7.11 Å². The summed E-state index contributed by atoms with van der Waals surface area (Å²) in [4.78, 5) is 23.2. The predicted octanol–water partition coefficient (Wildman–Crippen LogP) is 2.22. The lowest BCUT2D eigenvalue weighted by atomic mass is 9.65. The van der Waals surface area contributed by atoms with E-state index in [1.54, 1.807) is 0 Å². The van der Waals surface area contributed by atoms with Crippen LogP contribution in [0.25, 0.3) is 0 Å². The first-order chi connectivity index (χ1) is 7.58. The molecular weight excluding hydrogens is 208 g/mol. The molecule has 0 aromatic rings. The van der Waals surface area contributed by atoms with Crippen LogP contribution in [0, 0.1) is 11.3 Å². The molecule has 0 amide bonds. The Bertz CT molecular complexity index is 266. The van der Waals surface area contributed by atoms with E-state index < -0.39 is 17.3 Å². The van der Waals surface area contributed by atoms with Crippen LogP contribution in [0.5, 0.6) is 0 Å². The van der Waals surface area contributed by atoms with Crippen LogP contribution < -0.4 is 0 Å². The second-order valence-electron chi connectivity index (χ2n) is 4.51. The third-order valence-electron chi connectivity index (χ3n) is 3.71. The average molecular weight is 228 g/mol. The number of rotatable bonds is 4. The minimum absolute atomic E-state index is 0.346. The first kappa shape index (κ1) is 13.0. The van der Waals surface area contributed by atoms with Gasteiger partial charge in [0.2, 0.25) is 0 Å². The van der Waals surface area contributed by atoms with Crippen LogP contribution in [0.3, 0.4) is 0 Å². The molecule has 1 N–H and O–H groups in total. The number of carboxylic acids is 1. The van der Waals surface area contributed by atoms with Crippen LogP contribution in [0.1, 0.15) is 45.4 Å². The van der Waals surface area contributed by atoms with Gasteiger partial charge >= 0.3 is 11.9 Å². The third-order valence-corrected chi connectivity index (χ3v) is 3.71. The third kappa shape index (κ3) is 2.20. The minimum atomic E-state index is -0.880. The molecule has 92 valence electrons. The van der Waals surface area contributed by atoms with Crippen molar-refractivity contribution in [3.63, 3.8) is 0 Å². The zero-order valence-corrected chi connectivity index (χ0v) is 9.99. The molecule has 4 heteroatoms. The highest BCUT2D eigenvalue weighted by molar-refractivity contribution is 5.84. The van der Waals surface area contributed by atoms with Gasteiger partial charge < -0.3 is 9.84 Å². The quantitative estimate of drug-likeness (QED) is 0.749. The molecule has 1 unspecified atom stereocenters. The molecule has 0 radical (unpaired) electrons. The molecule has 4 nitrogen and oxygen atoms in total. The Balaban J connectivity index is 3.01. The van der Waals surface area contributed by atoms with E-state index >= 15 is 0 Å². The van der Waals surface area contributed by atoms with Gasteiger partial charge in [0.25, 0.3) is 0 Å². The second-order valence-corrected chi connectivity index (χ2v) is 4.51. The Morgan fingerprint density at radius 2 is 1.88 bits per heavy atom. The number of ether oxygens (including phenoxy) is 1. The van der Waals surface area contributed by atoms with Crippen molar-refractivity contribution in [2.75, 3.05) is 7.11 Å². The van der Waals surface area contributed by atoms with E-state index in [0.29, 0.717) is 19.3 Å². The fourth-order valence-corrected chi connectivity index (χ4v) is 2.88. The largest absolute Gasteiger partial charge is 0.481 e. The zero-order chi connectivity index (χ0) is 12.2. The van der Waals surface area contributed by atoms with E-state index in [-0.39, 0.29) is 5.97 Å². The predicted molar refractivity (Wildman–Crippen MR) is 59.0 cm³/mol. The van der Waals surface area contributed by atoms with Crippen LogP contribution >= 0.6 is 0 Å². The lowest BCUT2D eigenvalue weighted by molar-refractivity contribution is -0.168. The topological polar surface area (TPSA) is 63.6 Å². The van der Waals surface area contributed by atoms with Crippen molar-refractivity contribution in [2.45, 2.75) is 45.4 Å². The summed E-state index contributed by atoms with van der Waals surface area (Å²) in [5, 5.41) is 9.23. The van der Waals surface area contributed by atoms with Crippen molar-refractivity contribution in [3.8, 4) is 0 Å². The maximum absolute atomic E-state index is 11.9. The number of hydrogen-bond acceptors (Lipinski definition) is 3. The van der Waals surface area contributed by atoms with Crippen LogP contribution in [0.2, 0.25) is 0 Å². The van der Waals surface area contributed by atoms with Crippen molar-refractivity contribution < 1.29 is 19.4 Å². The van der Waals surface area contributed by atoms with Crippen molar-refractivity contribution in [1.82, 2.24) is 0 Å². The molecular formula is C12H20O4. The van der Waals surface area contributed by atoms with E-state index in [0.717, 1.165) is 19.3 Å². The van der Waals surface area contributed by atoms with Gasteiger partial charge in [0, 0.05) is 0 Å². The van der Waals surface area contributed by atoms with Gasteiger partial charge in [0.1, 0.15) is 0 Å². The van der Waals surface area contributed by atoms with E-state index in [2.05, 4.69) is 0 Å². The van der Waals surface area contributed by atoms with Crippen molar-refractivity contribution in [3.05, 3.63) is 0 Å². The summed E-state index contributed by atoms with van der Waals surface area (Å²) >= 11 is 0. The number of methoxy groups -OCH3 is 1. The fourth-order valence-electron chi connectivity index (χ4n) is 2.88. The molecule has 1 fully saturated rings. The van der Waals surface area contributed by atoms with Crippen molar-refractivity contribution >= 4 is 11.9 Å². The first-order valence-corrected chi connectivity index (χ1v) is 5.89. The number of carbonyl (C=O) groups excluding carboxylic acids is 1. The van der Waals surface area contributed by atoms with Crippen LogP contribution in [-0.2, 0) is 14.3 Å². The first-order valence-electron chi connectivity index (χ1n) is 5.89. The minimum Gasteiger partial charge on any atom is -0.481 e. The highest BCUT2D eigenvalue weighted by Crippen LogP contribution is 2.45. The molecule has 0 aromatic heterocycles. The van der Waals surface area contributed by atoms with Gasteiger partial charge in [0.05, 0.1) is 18.4 Å². The summed E-state index contributed by atoms with van der Waals surface area (Å²) in [6, 6.07) is 0. The summed E-state index contributed by atoms with van der Waals surface area (Å²) in [5.41, 5.74) is -0.784. The number of esters is 1. The molecule has 1 atom stereocenters. The molecule has 0 bridgehead atoms. The zero-order valence-electron chi connectivity index (χ0n) is 9.99. The number of aliphatic carboxylic acids is 1. The normalized spacial score (nSPS) is 21.1. The fraction of sp³-hybridized carbons (Fsp3) is 0.833. The van der Waals surface area contributed by atoms with Gasteiger partial charge in [-0.25, -0.2) is 0 Å². The molecule has 0 spiro atoms. The van der Waals surface area contributed by atoms with Gasteiger partial charge in [-0.1, -0.05) is 26.2 Å². The Morgan fingerprint density at radius 1 is 1.31 bits per heavy atom. The number of hydrogen-bond donors (Lipinski definition) is 1. The maximum Gasteiger partial charge on any atom is 0.312 e. The Hall–Kier alpha value is -1.06. The van der Waals surface area contributed by atoms with Gasteiger partial charge in [-0.2, -0.15) is 0 Å². The summed E-state index contributed by atoms with van der Waals surface area (Å²) in [5.74, 6) is -1.84. The molecule has 0 aromatic carbocycles. The van der Waals surface area contributed by atoms with Crippen molar-refractivity contribution in [2.24, 2.45) is 11.3 Å². The van der Waals surface area contributed by atoms with Crippen LogP contribution in [0.4, 0.5) is 0 Å². The van der Waals surface area contributed by atoms with Crippen molar-refractivity contribution in [1.29, 1.82) is 0 Å². The number of carbonyl (C=O) groups is 2. The summed E-state index contributed by atoms with van der Waals surface area (Å²) in [6.45, 7) is 1.82. The highest BCUT2D eigenvalue weighted by atomic mass is 16.5. The van der Waals surface area contributed by atoms with Crippen LogP contribution in [-0.4, -0.2) is 24.2 Å². The molecule has 1 aliphatic carbocycles. The Morgan fingerprint density at radius 3 is 2.25 bits per heavy atom. The van der Waals surface area contributed by atoms with Crippen LogP contribution in [0.15, 0.2) is 0 Å². The monoisotopic (exact) mass is 228 g/mol. The van der Waals surface area contributed by atoms with E-state index in [1.807, 2.05) is 6.92 Å². The molecule has 1 saturated carbocycles. The van der Waals surface area contributed by atoms with Gasteiger partial charge in [-0.15, -0.1) is 0 Å². The lowest BCUT2D eigenvalue weighted by Gasteiger charge is -2.38. The maximum atomic E-state index is 11.9. The second kappa shape index (κ2) is 5.32. The summed E-state index contributed by atoms with van der Waals surface area (Å²) < 4.78 is 4.82. The number of carboxylic acid groups (broad SMARTS) is 1. The molecule has 16 heavy (non-hydrogen) atoms. The lowest BCUT2D eigenvalue weighted by Crippen LogP contribution is -2.44. The molecule has 0 saturated heterocycles. The molecule has 0 aliphatic heterocycles. The summed E-state index contributed by atoms with van der Waals surface area (Å²) in [6.07, 6.45) is 4.67. The standard InChI is InChI=1S/C12H20O4/c1-3-9(10(13)14)12(11(15)16-2)7-5-4-6-8-12/h9H,3-8H2,1-2H3,(H,13,14). The SMILES string of the molecule is CCC(C(=O)O)C1(C(=O)OC)CCCCC1. The average Bonchev–Trinajstić information content (AvgIpc) is 2.29. The highest BCUT2D eigenvalue weighted by Gasteiger charge is 2.49. The van der Waals surface area contributed by atoms with Gasteiger partial charge in [-0.3, -0.25) is 9.59 Å². The van der Waals surface area contributed by atoms with Gasteiger partial charge in [0.15, 0.2) is 0 Å². The van der Waals surface area contributed by atoms with E-state index in [4.69, 9.17) is 4.74 Å². The summed E-state index contributed by atoms with van der Waals surface area (Å²) in [7, 11) is 1.34. The Labute approximate surface area is 96.0 Å². The molecule has 1 aliphatic rings. The smallest absolute Gasteiger partial charge is 0.312 e. The van der Waals surface area contributed by atoms with E-state index in [9.17, 15) is 14.7 Å². The Kier molecular flexibility index (Phi) is 4.33. The van der Waals surface area contributed by atoms with Gasteiger partial charge in [-0.05, 0) is 19.3 Å².